The molecule has 2 aromatic carbocycles. The van der Waals surface area contributed by atoms with Gasteiger partial charge in [0.25, 0.3) is 0 Å². The summed E-state index contributed by atoms with van der Waals surface area (Å²) in [6.45, 7) is 0. The maximum Gasteiger partial charge on any atom is 0.248 e. The molecule has 1 aromatic heterocycles. The topological polar surface area (TPSA) is 60.9 Å². The van der Waals surface area contributed by atoms with Crippen LogP contribution in [0.25, 0.3) is 11.3 Å². The number of carbonyl (C=O) groups excluding carboxylic acids is 1. The summed E-state index contributed by atoms with van der Waals surface area (Å²) in [7, 11) is 0. The molecule has 0 radical (unpaired) electrons. The molecule has 4 heteroatoms. The molecular formula is C17H13N3O. The van der Waals surface area contributed by atoms with Crippen molar-refractivity contribution in [2.75, 3.05) is 0 Å². The van der Waals surface area contributed by atoms with E-state index in [0.29, 0.717) is 5.56 Å². The highest BCUT2D eigenvalue weighted by Crippen LogP contribution is 2.42. The second-order valence-electron chi connectivity index (χ2n) is 5.17. The van der Waals surface area contributed by atoms with E-state index in [1.165, 1.54) is 11.1 Å². The highest BCUT2D eigenvalue weighted by Gasteiger charge is 2.29. The molecule has 102 valence electrons. The van der Waals surface area contributed by atoms with Crippen molar-refractivity contribution in [3.8, 4) is 11.3 Å². The van der Waals surface area contributed by atoms with Gasteiger partial charge < -0.3 is 10.3 Å². The summed E-state index contributed by atoms with van der Waals surface area (Å²) >= 11 is 0. The van der Waals surface area contributed by atoms with Gasteiger partial charge in [0.15, 0.2) is 0 Å². The third-order valence-electron chi connectivity index (χ3n) is 3.96. The van der Waals surface area contributed by atoms with E-state index in [1.54, 1.807) is 6.07 Å². The van der Waals surface area contributed by atoms with Crippen molar-refractivity contribution >= 4 is 5.91 Å². The van der Waals surface area contributed by atoms with Crippen LogP contribution >= 0.6 is 0 Å². The van der Waals surface area contributed by atoms with Gasteiger partial charge in [0.05, 0.1) is 24.3 Å². The maximum atomic E-state index is 11.4. The number of aromatic nitrogens is 2. The Hall–Kier alpha value is -2.88. The van der Waals surface area contributed by atoms with Gasteiger partial charge in [-0.3, -0.25) is 4.79 Å². The molecule has 0 fully saturated rings. The molecule has 0 saturated heterocycles. The minimum atomic E-state index is -0.408. The van der Waals surface area contributed by atoms with Crippen LogP contribution in [0.3, 0.4) is 0 Å². The van der Waals surface area contributed by atoms with Gasteiger partial charge in [-0.25, -0.2) is 4.98 Å². The lowest BCUT2D eigenvalue weighted by Crippen LogP contribution is -2.13. The molecule has 0 saturated carbocycles. The summed E-state index contributed by atoms with van der Waals surface area (Å²) < 4.78 is 2.13. The Morgan fingerprint density at radius 3 is 2.86 bits per heavy atom. The Morgan fingerprint density at radius 2 is 2.00 bits per heavy atom. The van der Waals surface area contributed by atoms with E-state index in [1.807, 2.05) is 42.9 Å². The Bertz CT molecular complexity index is 851. The molecule has 2 heterocycles. The third-order valence-corrected chi connectivity index (χ3v) is 3.96. The van der Waals surface area contributed by atoms with E-state index < -0.39 is 5.91 Å². The van der Waals surface area contributed by atoms with Crippen LogP contribution in [0.4, 0.5) is 0 Å². The molecule has 1 aliphatic heterocycles. The van der Waals surface area contributed by atoms with E-state index >= 15 is 0 Å². The van der Waals surface area contributed by atoms with Gasteiger partial charge in [0.1, 0.15) is 0 Å². The van der Waals surface area contributed by atoms with Crippen LogP contribution in [-0.4, -0.2) is 15.5 Å². The van der Waals surface area contributed by atoms with Crippen molar-refractivity contribution in [3.63, 3.8) is 0 Å². The molecule has 1 unspecified atom stereocenters. The quantitative estimate of drug-likeness (QED) is 0.611. The average Bonchev–Trinajstić information content (AvgIpc) is 3.07. The van der Waals surface area contributed by atoms with Gasteiger partial charge in [-0.2, -0.15) is 0 Å². The average molecular weight is 275 g/mol. The Morgan fingerprint density at radius 1 is 1.14 bits per heavy atom. The van der Waals surface area contributed by atoms with Crippen molar-refractivity contribution in [1.29, 1.82) is 0 Å². The lowest BCUT2D eigenvalue weighted by molar-refractivity contribution is 0.1000. The molecule has 2 N–H and O–H groups in total. The fourth-order valence-corrected chi connectivity index (χ4v) is 3.04. The van der Waals surface area contributed by atoms with Crippen LogP contribution in [-0.2, 0) is 0 Å². The number of carbonyl (C=O) groups is 1. The van der Waals surface area contributed by atoms with Crippen molar-refractivity contribution < 1.29 is 4.79 Å². The summed E-state index contributed by atoms with van der Waals surface area (Å²) in [6, 6.07) is 15.8. The van der Waals surface area contributed by atoms with Gasteiger partial charge in [-0.15, -0.1) is 0 Å². The maximum absolute atomic E-state index is 11.4. The van der Waals surface area contributed by atoms with Crippen LogP contribution < -0.4 is 5.73 Å². The molecule has 1 atom stereocenters. The molecular weight excluding hydrogens is 262 g/mol. The van der Waals surface area contributed by atoms with E-state index in [2.05, 4.69) is 21.7 Å². The van der Waals surface area contributed by atoms with Gasteiger partial charge in [0, 0.05) is 11.1 Å². The predicted octanol–water partition coefficient (Wildman–Crippen LogP) is 2.60. The van der Waals surface area contributed by atoms with Crippen LogP contribution in [0, 0.1) is 0 Å². The van der Waals surface area contributed by atoms with Gasteiger partial charge in [-0.1, -0.05) is 36.4 Å². The smallest absolute Gasteiger partial charge is 0.248 e. The van der Waals surface area contributed by atoms with Crippen LogP contribution in [0.5, 0.6) is 0 Å². The van der Waals surface area contributed by atoms with E-state index in [4.69, 9.17) is 5.73 Å². The number of rotatable bonds is 2. The van der Waals surface area contributed by atoms with Crippen molar-refractivity contribution in [2.45, 2.75) is 6.04 Å². The lowest BCUT2D eigenvalue weighted by atomic mass is 9.96. The standard InChI is InChI=1S/C17H13N3O/c18-17(21)12-5-3-4-11(8-12)16-14-7-2-1-6-13(14)15-9-19-10-20(15)16/h1-10,16H,(H2,18,21). The zero-order valence-corrected chi connectivity index (χ0v) is 11.2. The second kappa shape index (κ2) is 4.31. The zero-order valence-electron chi connectivity index (χ0n) is 11.2. The molecule has 0 aliphatic carbocycles. The fourth-order valence-electron chi connectivity index (χ4n) is 3.04. The molecule has 4 rings (SSSR count). The Kier molecular flexibility index (Phi) is 2.44. The third kappa shape index (κ3) is 1.69. The number of primary amides is 1. The summed E-state index contributed by atoms with van der Waals surface area (Å²) in [5.74, 6) is -0.408. The molecule has 1 aliphatic rings. The van der Waals surface area contributed by atoms with Gasteiger partial charge in [0.2, 0.25) is 5.91 Å². The molecule has 0 bridgehead atoms. The molecule has 3 aromatic rings. The molecule has 1 amide bonds. The largest absolute Gasteiger partial charge is 0.366 e. The fraction of sp³-hybridized carbons (Fsp3) is 0.0588. The van der Waals surface area contributed by atoms with E-state index in [-0.39, 0.29) is 6.04 Å². The summed E-state index contributed by atoms with van der Waals surface area (Å²) in [4.78, 5) is 15.7. The number of hydrogen-bond donors (Lipinski definition) is 1. The van der Waals surface area contributed by atoms with E-state index in [9.17, 15) is 4.79 Å². The molecule has 4 nitrogen and oxygen atoms in total. The number of amides is 1. The number of nitrogens with zero attached hydrogens (tertiary/aromatic N) is 2. The monoisotopic (exact) mass is 275 g/mol. The summed E-state index contributed by atoms with van der Waals surface area (Å²) in [6.07, 6.45) is 3.70. The number of imidazole rings is 1. The van der Waals surface area contributed by atoms with E-state index in [0.717, 1.165) is 11.3 Å². The first-order valence-corrected chi connectivity index (χ1v) is 6.76. The van der Waals surface area contributed by atoms with Crippen molar-refractivity contribution in [3.05, 3.63) is 77.7 Å². The predicted molar refractivity (Wildman–Crippen MR) is 79.9 cm³/mol. The Balaban J connectivity index is 1.93. The first-order chi connectivity index (χ1) is 10.3. The van der Waals surface area contributed by atoms with Crippen molar-refractivity contribution in [1.82, 2.24) is 9.55 Å². The molecule has 21 heavy (non-hydrogen) atoms. The highest BCUT2D eigenvalue weighted by atomic mass is 16.1. The SMILES string of the molecule is NC(=O)c1cccc(C2c3ccccc3-c3cncn32)c1. The highest BCUT2D eigenvalue weighted by molar-refractivity contribution is 5.93. The Labute approximate surface area is 121 Å². The van der Waals surface area contributed by atoms with Crippen molar-refractivity contribution in [2.24, 2.45) is 5.73 Å². The first kappa shape index (κ1) is 11.9. The van der Waals surface area contributed by atoms with Gasteiger partial charge >= 0.3 is 0 Å². The normalized spacial score (nSPS) is 15.5. The molecule has 0 spiro atoms. The zero-order chi connectivity index (χ0) is 14.4. The number of benzene rings is 2. The number of hydrogen-bond acceptors (Lipinski definition) is 2. The number of fused-ring (bicyclic) bond motifs is 3. The summed E-state index contributed by atoms with van der Waals surface area (Å²) in [5.41, 5.74) is 10.5. The first-order valence-electron chi connectivity index (χ1n) is 6.76. The van der Waals surface area contributed by atoms with Gasteiger partial charge in [-0.05, 0) is 23.3 Å². The van der Waals surface area contributed by atoms with Crippen LogP contribution in [0.1, 0.15) is 27.5 Å². The number of nitrogens with two attached hydrogens (primary N) is 1. The minimum absolute atomic E-state index is 0.0398. The summed E-state index contributed by atoms with van der Waals surface area (Å²) in [5, 5.41) is 0. The minimum Gasteiger partial charge on any atom is -0.366 e. The van der Waals surface area contributed by atoms with Crippen LogP contribution in [0.15, 0.2) is 61.1 Å². The van der Waals surface area contributed by atoms with Crippen LogP contribution in [0.2, 0.25) is 0 Å². The second-order valence-corrected chi connectivity index (χ2v) is 5.17. The lowest BCUT2D eigenvalue weighted by Gasteiger charge is -2.15.